The van der Waals surface area contributed by atoms with Crippen LogP contribution in [-0.4, -0.2) is 16.6 Å². The number of hydrogen-bond acceptors (Lipinski definition) is 5. The van der Waals surface area contributed by atoms with Gasteiger partial charge in [0.15, 0.2) is 5.58 Å². The van der Waals surface area contributed by atoms with Gasteiger partial charge >= 0.3 is 5.76 Å². The zero-order valence-corrected chi connectivity index (χ0v) is 11.7. The van der Waals surface area contributed by atoms with Gasteiger partial charge in [-0.15, -0.1) is 0 Å². The maximum Gasteiger partial charge on any atom is 0.420 e. The van der Waals surface area contributed by atoms with Crippen molar-refractivity contribution >= 4 is 16.8 Å². The fourth-order valence-corrected chi connectivity index (χ4v) is 2.27. The SMILES string of the molecule is COc1ccc2oc(=O)n(Cc3cccc([N+](=O)[O-])c3)c2c1. The Morgan fingerprint density at radius 1 is 1.27 bits per heavy atom. The van der Waals surface area contributed by atoms with Gasteiger partial charge in [-0.3, -0.25) is 14.7 Å². The summed E-state index contributed by atoms with van der Waals surface area (Å²) in [6.45, 7) is 0.181. The third kappa shape index (κ3) is 2.44. The Kier molecular flexibility index (Phi) is 3.38. The van der Waals surface area contributed by atoms with Gasteiger partial charge in [-0.1, -0.05) is 12.1 Å². The minimum atomic E-state index is -0.519. The molecule has 0 bridgehead atoms. The maximum absolute atomic E-state index is 12.0. The molecule has 0 unspecified atom stereocenters. The Balaban J connectivity index is 2.06. The molecule has 0 saturated carbocycles. The summed E-state index contributed by atoms with van der Waals surface area (Å²) in [5.74, 6) is 0.0795. The molecule has 1 heterocycles. The maximum atomic E-state index is 12.0. The molecule has 0 N–H and O–H groups in total. The lowest BCUT2D eigenvalue weighted by Gasteiger charge is -2.04. The molecule has 3 aromatic rings. The Labute approximate surface area is 124 Å². The number of methoxy groups -OCH3 is 1. The number of fused-ring (bicyclic) bond motifs is 1. The standard InChI is InChI=1S/C15H12N2O5/c1-21-12-5-6-14-13(8-12)16(15(18)22-14)9-10-3-2-4-11(7-10)17(19)20/h2-8H,9H2,1H3. The number of benzene rings is 2. The summed E-state index contributed by atoms with van der Waals surface area (Å²) in [4.78, 5) is 22.3. The van der Waals surface area contributed by atoms with Crippen molar-refractivity contribution in [2.24, 2.45) is 0 Å². The number of hydrogen-bond donors (Lipinski definition) is 0. The van der Waals surface area contributed by atoms with E-state index < -0.39 is 10.7 Å². The molecule has 3 rings (SSSR count). The van der Waals surface area contributed by atoms with Gasteiger partial charge in [0, 0.05) is 18.2 Å². The number of rotatable bonds is 4. The molecule has 7 heteroatoms. The Hall–Kier alpha value is -3.09. The van der Waals surface area contributed by atoms with E-state index in [2.05, 4.69) is 0 Å². The molecule has 0 aliphatic rings. The molecule has 0 atom stereocenters. The monoisotopic (exact) mass is 300 g/mol. The third-order valence-electron chi connectivity index (χ3n) is 3.34. The highest BCUT2D eigenvalue weighted by Crippen LogP contribution is 2.21. The van der Waals surface area contributed by atoms with Crippen LogP contribution >= 0.6 is 0 Å². The molecule has 22 heavy (non-hydrogen) atoms. The van der Waals surface area contributed by atoms with Crippen molar-refractivity contribution in [2.75, 3.05) is 7.11 Å². The van der Waals surface area contributed by atoms with Crippen molar-refractivity contribution in [3.05, 3.63) is 68.7 Å². The second-order valence-corrected chi connectivity index (χ2v) is 4.71. The van der Waals surface area contributed by atoms with Crippen LogP contribution in [0.5, 0.6) is 5.75 Å². The molecule has 0 saturated heterocycles. The molecule has 0 amide bonds. The minimum absolute atomic E-state index is 0.0177. The molecule has 112 valence electrons. The summed E-state index contributed by atoms with van der Waals surface area (Å²) in [5.41, 5.74) is 1.64. The molecule has 0 aliphatic heterocycles. The first-order chi connectivity index (χ1) is 10.6. The van der Waals surface area contributed by atoms with Gasteiger partial charge in [0.25, 0.3) is 5.69 Å². The van der Waals surface area contributed by atoms with Crippen LogP contribution in [-0.2, 0) is 6.54 Å². The zero-order chi connectivity index (χ0) is 15.7. The predicted octanol–water partition coefficient (Wildman–Crippen LogP) is 2.56. The zero-order valence-electron chi connectivity index (χ0n) is 11.7. The number of oxazole rings is 1. The van der Waals surface area contributed by atoms with E-state index in [1.54, 1.807) is 30.3 Å². The number of nitro benzene ring substituents is 1. The normalized spacial score (nSPS) is 10.8. The summed E-state index contributed by atoms with van der Waals surface area (Å²) in [6, 6.07) is 11.2. The molecule has 0 radical (unpaired) electrons. The van der Waals surface area contributed by atoms with Crippen LogP contribution in [0.4, 0.5) is 5.69 Å². The lowest BCUT2D eigenvalue weighted by atomic mass is 10.2. The molecule has 0 fully saturated rings. The van der Waals surface area contributed by atoms with Gasteiger partial charge < -0.3 is 9.15 Å². The van der Waals surface area contributed by atoms with E-state index >= 15 is 0 Å². The van der Waals surface area contributed by atoms with Gasteiger partial charge in [0.05, 0.1) is 24.1 Å². The van der Waals surface area contributed by atoms with E-state index in [9.17, 15) is 14.9 Å². The molecular weight excluding hydrogens is 288 g/mol. The highest BCUT2D eigenvalue weighted by molar-refractivity contribution is 5.75. The first-order valence-corrected chi connectivity index (χ1v) is 6.49. The number of non-ortho nitro benzene ring substituents is 1. The van der Waals surface area contributed by atoms with Crippen LogP contribution in [0.25, 0.3) is 11.1 Å². The van der Waals surface area contributed by atoms with Crippen LogP contribution in [0.2, 0.25) is 0 Å². The topological polar surface area (TPSA) is 87.5 Å². The van der Waals surface area contributed by atoms with Crippen LogP contribution in [0.3, 0.4) is 0 Å². The first-order valence-electron chi connectivity index (χ1n) is 6.49. The van der Waals surface area contributed by atoms with Crippen molar-refractivity contribution in [1.29, 1.82) is 0 Å². The van der Waals surface area contributed by atoms with E-state index in [-0.39, 0.29) is 12.2 Å². The first kappa shape index (κ1) is 13.9. The van der Waals surface area contributed by atoms with Crippen molar-refractivity contribution in [1.82, 2.24) is 4.57 Å². The number of nitrogens with zero attached hydrogens (tertiary/aromatic N) is 2. The average molecular weight is 300 g/mol. The van der Waals surface area contributed by atoms with Gasteiger partial charge in [-0.2, -0.15) is 0 Å². The molecule has 0 spiro atoms. The molecule has 0 aliphatic carbocycles. The van der Waals surface area contributed by atoms with Crippen LogP contribution in [0, 0.1) is 10.1 Å². The summed E-state index contributed by atoms with van der Waals surface area (Å²) in [6.07, 6.45) is 0. The van der Waals surface area contributed by atoms with Crippen molar-refractivity contribution in [2.45, 2.75) is 6.54 Å². The van der Waals surface area contributed by atoms with E-state index in [0.717, 1.165) is 0 Å². The molecule has 7 nitrogen and oxygen atoms in total. The number of nitro groups is 1. The molecule has 1 aromatic heterocycles. The number of ether oxygens (including phenoxy) is 1. The van der Waals surface area contributed by atoms with Crippen molar-refractivity contribution in [3.8, 4) is 5.75 Å². The largest absolute Gasteiger partial charge is 0.497 e. The number of aromatic nitrogens is 1. The highest BCUT2D eigenvalue weighted by Gasteiger charge is 2.12. The predicted molar refractivity (Wildman–Crippen MR) is 79.2 cm³/mol. The molecular formula is C15H12N2O5. The van der Waals surface area contributed by atoms with E-state index in [0.29, 0.717) is 22.4 Å². The Morgan fingerprint density at radius 2 is 2.09 bits per heavy atom. The second-order valence-electron chi connectivity index (χ2n) is 4.71. The lowest BCUT2D eigenvalue weighted by molar-refractivity contribution is -0.384. The van der Waals surface area contributed by atoms with Gasteiger partial charge in [-0.05, 0) is 17.7 Å². The van der Waals surface area contributed by atoms with Crippen LogP contribution in [0.1, 0.15) is 5.56 Å². The van der Waals surface area contributed by atoms with Gasteiger partial charge in [-0.25, -0.2) is 4.79 Å². The van der Waals surface area contributed by atoms with Crippen molar-refractivity contribution < 1.29 is 14.1 Å². The molecule has 2 aromatic carbocycles. The van der Waals surface area contributed by atoms with Crippen LogP contribution in [0.15, 0.2) is 51.7 Å². The summed E-state index contributed by atoms with van der Waals surface area (Å²) in [5, 5.41) is 10.8. The summed E-state index contributed by atoms with van der Waals surface area (Å²) in [7, 11) is 1.53. The van der Waals surface area contributed by atoms with E-state index in [4.69, 9.17) is 9.15 Å². The van der Waals surface area contributed by atoms with Gasteiger partial charge in [0.2, 0.25) is 0 Å². The smallest absolute Gasteiger partial charge is 0.420 e. The summed E-state index contributed by atoms with van der Waals surface area (Å²) >= 11 is 0. The Morgan fingerprint density at radius 3 is 2.82 bits per heavy atom. The summed E-state index contributed by atoms with van der Waals surface area (Å²) < 4.78 is 11.7. The fourth-order valence-electron chi connectivity index (χ4n) is 2.27. The second kappa shape index (κ2) is 5.36. The third-order valence-corrected chi connectivity index (χ3v) is 3.34. The van der Waals surface area contributed by atoms with Crippen molar-refractivity contribution in [3.63, 3.8) is 0 Å². The van der Waals surface area contributed by atoms with E-state index in [1.807, 2.05) is 0 Å². The van der Waals surface area contributed by atoms with E-state index in [1.165, 1.54) is 23.8 Å². The average Bonchev–Trinajstić information content (AvgIpc) is 2.83. The highest BCUT2D eigenvalue weighted by atomic mass is 16.6. The van der Waals surface area contributed by atoms with Gasteiger partial charge in [0.1, 0.15) is 5.75 Å². The quantitative estimate of drug-likeness (QED) is 0.546. The minimum Gasteiger partial charge on any atom is -0.497 e. The van der Waals surface area contributed by atoms with Crippen LogP contribution < -0.4 is 10.5 Å². The Bertz CT molecular complexity index is 910. The lowest BCUT2D eigenvalue weighted by Crippen LogP contribution is -2.14. The fraction of sp³-hybridized carbons (Fsp3) is 0.133.